The average molecular weight is 117 g/mol. The van der Waals surface area contributed by atoms with E-state index in [0.717, 1.165) is 25.9 Å². The zero-order valence-corrected chi connectivity index (χ0v) is 4.99. The minimum Gasteiger partial charge on any atom is -0.316 e. The van der Waals surface area contributed by atoms with E-state index < -0.39 is 0 Å². The van der Waals surface area contributed by atoms with Crippen molar-refractivity contribution in [2.75, 3.05) is 19.8 Å². The lowest BCUT2D eigenvalue weighted by Crippen LogP contribution is -2.30. The summed E-state index contributed by atoms with van der Waals surface area (Å²) in [7, 11) is 0. The highest BCUT2D eigenvalue weighted by molar-refractivity contribution is 4.67. The minimum atomic E-state index is -0.146. The summed E-state index contributed by atoms with van der Waals surface area (Å²) < 4.78 is 11.8. The number of rotatable bonds is 1. The molecule has 1 rings (SSSR count). The summed E-state index contributed by atoms with van der Waals surface area (Å²) >= 11 is 0. The molecule has 0 aromatic heterocycles. The number of nitrogens with one attached hydrogen (secondary N) is 1. The first-order chi connectivity index (χ1) is 3.93. The highest BCUT2D eigenvalue weighted by atomic mass is 19.1. The fourth-order valence-corrected chi connectivity index (χ4v) is 1.06. The molecule has 0 aromatic carbocycles. The Morgan fingerprint density at radius 3 is 2.88 bits per heavy atom. The molecule has 1 fully saturated rings. The Bertz CT molecular complexity index is 59.5. The van der Waals surface area contributed by atoms with Gasteiger partial charge in [0, 0.05) is 6.54 Å². The molecule has 1 aliphatic heterocycles. The van der Waals surface area contributed by atoms with E-state index in [2.05, 4.69) is 5.32 Å². The first-order valence-corrected chi connectivity index (χ1v) is 3.20. The van der Waals surface area contributed by atoms with Crippen LogP contribution in [0.2, 0.25) is 0 Å². The van der Waals surface area contributed by atoms with Crippen LogP contribution in [-0.2, 0) is 0 Å². The first-order valence-electron chi connectivity index (χ1n) is 3.20. The van der Waals surface area contributed by atoms with Gasteiger partial charge in [0.2, 0.25) is 0 Å². The fraction of sp³-hybridized carbons (Fsp3) is 1.00. The van der Waals surface area contributed by atoms with Crippen molar-refractivity contribution in [3.63, 3.8) is 0 Å². The second-order valence-electron chi connectivity index (χ2n) is 2.37. The molecule has 0 aromatic rings. The molecule has 1 saturated heterocycles. The van der Waals surface area contributed by atoms with Crippen molar-refractivity contribution in [3.05, 3.63) is 0 Å². The van der Waals surface area contributed by atoms with E-state index in [1.54, 1.807) is 0 Å². The molecule has 8 heavy (non-hydrogen) atoms. The Balaban J connectivity index is 2.13. The average Bonchev–Trinajstić information content (AvgIpc) is 1.90. The Labute approximate surface area is 49.3 Å². The zero-order chi connectivity index (χ0) is 5.82. The van der Waals surface area contributed by atoms with Crippen molar-refractivity contribution in [1.29, 1.82) is 0 Å². The summed E-state index contributed by atoms with van der Waals surface area (Å²) in [5, 5.41) is 3.15. The van der Waals surface area contributed by atoms with E-state index in [9.17, 15) is 4.39 Å². The summed E-state index contributed by atoms with van der Waals surface area (Å²) in [5.41, 5.74) is 0. The number of alkyl halides is 1. The molecular weight excluding hydrogens is 105 g/mol. The SMILES string of the molecule is FCC1CCCNC1. The van der Waals surface area contributed by atoms with Crippen LogP contribution < -0.4 is 5.32 Å². The van der Waals surface area contributed by atoms with Gasteiger partial charge >= 0.3 is 0 Å². The molecule has 0 spiro atoms. The number of hydrogen-bond donors (Lipinski definition) is 1. The van der Waals surface area contributed by atoms with Crippen LogP contribution in [0.1, 0.15) is 12.8 Å². The zero-order valence-electron chi connectivity index (χ0n) is 4.99. The smallest absolute Gasteiger partial charge is 0.0934 e. The van der Waals surface area contributed by atoms with Gasteiger partial charge < -0.3 is 5.32 Å². The van der Waals surface area contributed by atoms with Gasteiger partial charge in [0.15, 0.2) is 0 Å². The number of halogens is 1. The molecule has 0 aliphatic carbocycles. The predicted octanol–water partition coefficient (Wildman–Crippen LogP) is 0.956. The summed E-state index contributed by atoms with van der Waals surface area (Å²) in [4.78, 5) is 0. The van der Waals surface area contributed by atoms with Gasteiger partial charge in [-0.25, -0.2) is 0 Å². The monoisotopic (exact) mass is 117 g/mol. The van der Waals surface area contributed by atoms with Crippen LogP contribution in [-0.4, -0.2) is 19.8 Å². The second kappa shape index (κ2) is 3.02. The Hall–Kier alpha value is -0.110. The maximum atomic E-state index is 11.8. The van der Waals surface area contributed by atoms with Crippen LogP contribution >= 0.6 is 0 Å². The minimum absolute atomic E-state index is 0.146. The van der Waals surface area contributed by atoms with Gasteiger partial charge in [-0.3, -0.25) is 4.39 Å². The van der Waals surface area contributed by atoms with Crippen LogP contribution in [0.5, 0.6) is 0 Å². The lowest BCUT2D eigenvalue weighted by Gasteiger charge is -2.18. The van der Waals surface area contributed by atoms with Crippen molar-refractivity contribution in [3.8, 4) is 0 Å². The van der Waals surface area contributed by atoms with Crippen molar-refractivity contribution < 1.29 is 4.39 Å². The van der Waals surface area contributed by atoms with Crippen LogP contribution in [0.3, 0.4) is 0 Å². The largest absolute Gasteiger partial charge is 0.316 e. The molecule has 1 unspecified atom stereocenters. The van der Waals surface area contributed by atoms with E-state index in [-0.39, 0.29) is 6.67 Å². The second-order valence-corrected chi connectivity index (χ2v) is 2.37. The Morgan fingerprint density at radius 2 is 2.50 bits per heavy atom. The van der Waals surface area contributed by atoms with Gasteiger partial charge in [0.1, 0.15) is 0 Å². The van der Waals surface area contributed by atoms with Crippen LogP contribution in [0.15, 0.2) is 0 Å². The molecule has 1 atom stereocenters. The third kappa shape index (κ3) is 1.44. The third-order valence-corrected chi connectivity index (χ3v) is 1.62. The van der Waals surface area contributed by atoms with E-state index in [4.69, 9.17) is 0 Å². The Kier molecular flexibility index (Phi) is 2.27. The molecule has 0 radical (unpaired) electrons. The van der Waals surface area contributed by atoms with Gasteiger partial charge in [-0.15, -0.1) is 0 Å². The number of piperidine rings is 1. The maximum Gasteiger partial charge on any atom is 0.0934 e. The fourth-order valence-electron chi connectivity index (χ4n) is 1.06. The molecule has 0 bridgehead atoms. The van der Waals surface area contributed by atoms with Crippen LogP contribution in [0.25, 0.3) is 0 Å². The highest BCUT2D eigenvalue weighted by Crippen LogP contribution is 2.08. The van der Waals surface area contributed by atoms with Crippen molar-refractivity contribution in [2.24, 2.45) is 5.92 Å². The van der Waals surface area contributed by atoms with Crippen LogP contribution in [0, 0.1) is 5.92 Å². The quantitative estimate of drug-likeness (QED) is 0.539. The highest BCUT2D eigenvalue weighted by Gasteiger charge is 2.10. The van der Waals surface area contributed by atoms with Crippen molar-refractivity contribution >= 4 is 0 Å². The standard InChI is InChI=1S/C6H12FN/c7-4-6-2-1-3-8-5-6/h6,8H,1-5H2. The van der Waals surface area contributed by atoms with E-state index in [1.165, 1.54) is 0 Å². The molecule has 1 N–H and O–H groups in total. The summed E-state index contributed by atoms with van der Waals surface area (Å²) in [6.45, 7) is 1.82. The van der Waals surface area contributed by atoms with Crippen LogP contribution in [0.4, 0.5) is 4.39 Å². The molecular formula is C6H12FN. The lowest BCUT2D eigenvalue weighted by atomic mass is 10.0. The predicted molar refractivity (Wildman–Crippen MR) is 31.6 cm³/mol. The van der Waals surface area contributed by atoms with Gasteiger partial charge in [0.05, 0.1) is 6.67 Å². The summed E-state index contributed by atoms with van der Waals surface area (Å²) in [5.74, 6) is 0.309. The van der Waals surface area contributed by atoms with E-state index in [1.807, 2.05) is 0 Å². The van der Waals surface area contributed by atoms with Gasteiger partial charge in [0.25, 0.3) is 0 Å². The maximum absolute atomic E-state index is 11.8. The molecule has 1 nitrogen and oxygen atoms in total. The lowest BCUT2D eigenvalue weighted by molar-refractivity contribution is 0.296. The number of hydrogen-bond acceptors (Lipinski definition) is 1. The summed E-state index contributed by atoms with van der Waals surface area (Å²) in [6.07, 6.45) is 2.22. The molecule has 1 heterocycles. The normalized spacial score (nSPS) is 30.4. The summed E-state index contributed by atoms with van der Waals surface area (Å²) in [6, 6.07) is 0. The molecule has 0 saturated carbocycles. The topological polar surface area (TPSA) is 12.0 Å². The van der Waals surface area contributed by atoms with E-state index >= 15 is 0 Å². The van der Waals surface area contributed by atoms with Gasteiger partial charge in [-0.1, -0.05) is 0 Å². The van der Waals surface area contributed by atoms with Gasteiger partial charge in [-0.05, 0) is 25.3 Å². The van der Waals surface area contributed by atoms with Crippen molar-refractivity contribution in [2.45, 2.75) is 12.8 Å². The third-order valence-electron chi connectivity index (χ3n) is 1.62. The molecule has 2 heteroatoms. The molecule has 48 valence electrons. The first kappa shape index (κ1) is 6.02. The van der Waals surface area contributed by atoms with E-state index in [0.29, 0.717) is 5.92 Å². The van der Waals surface area contributed by atoms with Gasteiger partial charge in [-0.2, -0.15) is 0 Å². The Morgan fingerprint density at radius 1 is 1.62 bits per heavy atom. The molecule has 0 amide bonds. The molecule has 1 aliphatic rings. The van der Waals surface area contributed by atoms with Crippen molar-refractivity contribution in [1.82, 2.24) is 5.32 Å².